The Balaban J connectivity index is 1.52. The van der Waals surface area contributed by atoms with Crippen molar-refractivity contribution < 1.29 is 40.9 Å². The highest BCUT2D eigenvalue weighted by atomic mass is 16.3. The van der Waals surface area contributed by atoms with Crippen LogP contribution in [0.4, 0.5) is 0 Å². The Kier molecular flexibility index (Phi) is 23.4. The van der Waals surface area contributed by atoms with Gasteiger partial charge in [0.25, 0.3) is 0 Å². The molecular formula is C100H88O8. The van der Waals surface area contributed by atoms with Crippen LogP contribution in [0.15, 0.2) is 262 Å². The standard InChI is InChI=1S/C100H88O8/c1-93(2,69-33-49-85(101)50-34-69)77-25-17-18-27-79(95(5,6)71-37-53-87(103)54-38-71)66-81(97(9,10)73-41-57-89(105)58-42-73)29-21-22-31-83(99(13,14)75-45-61-91(107)62-46-75)68-84(100(15,16)76-47-63-92(108)64-48-76)32-24-23-30-82(98(11,12)74-43-59-90(106)60-44-74)67-80(96(7,8)72-39-55-88(104)56-40-72)28-20-19-26-78(65-77)94(3,4)70-35-51-86(102)52-36-70/h33-64,101-108H,1-16H3. The first-order chi connectivity index (χ1) is 50.8. The van der Waals surface area contributed by atoms with E-state index in [9.17, 15) is 40.9 Å². The second-order valence-corrected chi connectivity index (χ2v) is 30.9. The Morgan fingerprint density at radius 3 is 0.315 bits per heavy atom. The third-order valence-electron chi connectivity index (χ3n) is 20.5. The molecule has 0 bridgehead atoms. The SMILES string of the molecule is CC(C)(C1=C=C(C(C)(C)c2ccc(O)cc2)C#CC#CC(C(C)(C)c2ccc(O)cc2)=C=C(C(C)(C)c2ccc(O)cc2)C#CC#CC(C(C)(C)c2ccc(O)cc2)=C=C(C(C)(C)c2ccc(O)cc2)C#CC#CC(C(C)(C)c2ccc(O)cc2)=C=C(C(C)(C)c2ccc(O)cc2)C#CC#C1)c1ccc(O)cc1. The van der Waals surface area contributed by atoms with Gasteiger partial charge in [-0.15, -0.1) is 0 Å². The molecule has 9 rings (SSSR count). The van der Waals surface area contributed by atoms with Gasteiger partial charge in [-0.25, -0.2) is 0 Å². The molecule has 0 saturated carbocycles. The molecule has 0 fully saturated rings. The normalized spacial score (nSPS) is 13.3. The Morgan fingerprint density at radius 1 is 0.148 bits per heavy atom. The van der Waals surface area contributed by atoms with Crippen LogP contribution in [-0.4, -0.2) is 40.9 Å². The van der Waals surface area contributed by atoms with E-state index >= 15 is 0 Å². The van der Waals surface area contributed by atoms with Gasteiger partial charge in [0.1, 0.15) is 46.0 Å². The van der Waals surface area contributed by atoms with Crippen molar-refractivity contribution in [2.75, 3.05) is 0 Å². The Labute approximate surface area is 638 Å². The predicted octanol–water partition coefficient (Wildman–Crippen LogP) is 19.3. The smallest absolute Gasteiger partial charge is 0.115 e. The molecule has 0 aliphatic heterocycles. The van der Waals surface area contributed by atoms with E-state index in [1.54, 1.807) is 97.1 Å². The predicted molar refractivity (Wildman–Crippen MR) is 433 cm³/mol. The van der Waals surface area contributed by atoms with Crippen LogP contribution in [0.5, 0.6) is 46.0 Å². The van der Waals surface area contributed by atoms with Crippen molar-refractivity contribution >= 4 is 0 Å². The molecule has 8 aromatic rings. The van der Waals surface area contributed by atoms with Gasteiger partial charge in [-0.3, -0.25) is 0 Å². The van der Waals surface area contributed by atoms with Crippen molar-refractivity contribution in [3.8, 4) is 141 Å². The number of hydrogen-bond acceptors (Lipinski definition) is 8. The maximum Gasteiger partial charge on any atom is 0.115 e. The summed E-state index contributed by atoms with van der Waals surface area (Å²) >= 11 is 0. The molecule has 8 N–H and O–H groups in total. The summed E-state index contributed by atoms with van der Waals surface area (Å²) in [5, 5.41) is 85.0. The Hall–Kier alpha value is -13.3. The van der Waals surface area contributed by atoms with Crippen LogP contribution in [0.1, 0.15) is 155 Å². The summed E-state index contributed by atoms with van der Waals surface area (Å²) in [7, 11) is 0. The number of aromatic hydroxyl groups is 8. The lowest BCUT2D eigenvalue weighted by molar-refractivity contribution is 0.474. The highest BCUT2D eigenvalue weighted by molar-refractivity contribution is 5.62. The van der Waals surface area contributed by atoms with Crippen LogP contribution >= 0.6 is 0 Å². The maximum absolute atomic E-state index is 10.6. The summed E-state index contributed by atoms with van der Waals surface area (Å²) in [5.74, 6) is 53.9. The number of hydrogen-bond donors (Lipinski definition) is 8. The average Bonchev–Trinajstić information content (AvgIpc) is 0.798. The number of allylic oxidation sites excluding steroid dienone is 4. The fraction of sp³-hybridized carbons (Fsp3) is 0.240. The van der Waals surface area contributed by atoms with Crippen molar-refractivity contribution in [1.82, 2.24) is 0 Å². The largest absolute Gasteiger partial charge is 0.508 e. The molecule has 0 atom stereocenters. The van der Waals surface area contributed by atoms with Crippen LogP contribution < -0.4 is 0 Å². The molecule has 8 heteroatoms. The van der Waals surface area contributed by atoms with Crippen LogP contribution in [0, 0.1) is 94.7 Å². The lowest BCUT2D eigenvalue weighted by Gasteiger charge is -2.27. The van der Waals surface area contributed by atoms with Crippen molar-refractivity contribution in [3.63, 3.8) is 0 Å². The van der Waals surface area contributed by atoms with Gasteiger partial charge >= 0.3 is 0 Å². The van der Waals surface area contributed by atoms with Crippen molar-refractivity contribution in [2.45, 2.75) is 154 Å². The zero-order chi connectivity index (χ0) is 78.6. The van der Waals surface area contributed by atoms with E-state index in [0.717, 1.165) is 44.5 Å². The number of phenols is 8. The van der Waals surface area contributed by atoms with Crippen LogP contribution in [-0.2, 0) is 43.3 Å². The van der Waals surface area contributed by atoms with E-state index in [-0.39, 0.29) is 46.0 Å². The van der Waals surface area contributed by atoms with Crippen LogP contribution in [0.3, 0.4) is 0 Å². The monoisotopic (exact) mass is 1420 g/mol. The minimum atomic E-state index is -0.927. The molecular weight excluding hydrogens is 1330 g/mol. The van der Waals surface area contributed by atoms with E-state index in [1.165, 1.54) is 0 Å². The van der Waals surface area contributed by atoms with Gasteiger partial charge < -0.3 is 40.9 Å². The molecule has 8 aromatic carbocycles. The summed E-state index contributed by atoms with van der Waals surface area (Å²) < 4.78 is 0. The first-order valence-electron chi connectivity index (χ1n) is 35.4. The first kappa shape index (κ1) is 78.8. The van der Waals surface area contributed by atoms with Crippen molar-refractivity contribution in [1.29, 1.82) is 0 Å². The summed E-state index contributed by atoms with van der Waals surface area (Å²) in [6.07, 6.45) is 0. The van der Waals surface area contributed by atoms with Gasteiger partial charge in [-0.05, 0) is 236 Å². The number of phenolic OH excluding ortho intramolecular Hbond substituents is 8. The fourth-order valence-corrected chi connectivity index (χ4v) is 12.2. The zero-order valence-corrected chi connectivity index (χ0v) is 64.1. The van der Waals surface area contributed by atoms with E-state index in [0.29, 0.717) is 44.6 Å². The van der Waals surface area contributed by atoms with E-state index in [2.05, 4.69) is 118 Å². The van der Waals surface area contributed by atoms with Crippen LogP contribution in [0.2, 0.25) is 0 Å². The van der Waals surface area contributed by atoms with Gasteiger partial charge in [0.2, 0.25) is 0 Å². The second kappa shape index (κ2) is 32.0. The summed E-state index contributed by atoms with van der Waals surface area (Å²) in [6, 6.07) is 55.3. The fourth-order valence-electron chi connectivity index (χ4n) is 12.2. The van der Waals surface area contributed by atoms with Gasteiger partial charge in [0.05, 0.1) is 44.6 Å². The molecule has 0 radical (unpaired) electrons. The third kappa shape index (κ3) is 18.3. The topological polar surface area (TPSA) is 162 Å². The molecule has 1 aliphatic rings. The molecule has 0 amide bonds. The van der Waals surface area contributed by atoms with Gasteiger partial charge in [0.15, 0.2) is 0 Å². The Bertz CT molecular complexity index is 4580. The number of rotatable bonds is 16. The van der Waals surface area contributed by atoms with E-state index in [1.807, 2.05) is 208 Å². The third-order valence-corrected chi connectivity index (χ3v) is 20.5. The highest BCUT2D eigenvalue weighted by Gasteiger charge is 2.35. The van der Waals surface area contributed by atoms with Crippen molar-refractivity contribution in [3.05, 3.63) is 306 Å². The molecule has 0 heterocycles. The molecule has 1 aliphatic carbocycles. The molecule has 108 heavy (non-hydrogen) atoms. The first-order valence-corrected chi connectivity index (χ1v) is 35.4. The lowest BCUT2D eigenvalue weighted by atomic mass is 9.74. The molecule has 0 spiro atoms. The molecule has 0 unspecified atom stereocenters. The maximum atomic E-state index is 10.6. The summed E-state index contributed by atoms with van der Waals surface area (Å²) in [5.41, 5.74) is 17.7. The quantitative estimate of drug-likeness (QED) is 0.0350. The molecule has 0 aromatic heterocycles. The zero-order valence-electron chi connectivity index (χ0n) is 64.1. The Morgan fingerprint density at radius 2 is 0.231 bits per heavy atom. The van der Waals surface area contributed by atoms with Gasteiger partial charge in [-0.2, -0.15) is 0 Å². The second-order valence-electron chi connectivity index (χ2n) is 30.9. The average molecular weight is 1420 g/mol. The number of benzene rings is 8. The van der Waals surface area contributed by atoms with Gasteiger partial charge in [-0.1, -0.05) is 231 Å². The summed E-state index contributed by atoms with van der Waals surface area (Å²) in [4.78, 5) is 0. The molecule has 8 nitrogen and oxygen atoms in total. The minimum absolute atomic E-state index is 0.0800. The molecule has 0 saturated heterocycles. The van der Waals surface area contributed by atoms with E-state index in [4.69, 9.17) is 0 Å². The lowest BCUT2D eigenvalue weighted by Crippen LogP contribution is -2.22. The minimum Gasteiger partial charge on any atom is -0.508 e. The van der Waals surface area contributed by atoms with Crippen LogP contribution in [0.25, 0.3) is 0 Å². The molecule has 536 valence electrons. The van der Waals surface area contributed by atoms with Gasteiger partial charge in [0, 0.05) is 43.3 Å². The highest BCUT2D eigenvalue weighted by Crippen LogP contribution is 2.42. The van der Waals surface area contributed by atoms with E-state index < -0.39 is 43.3 Å². The van der Waals surface area contributed by atoms with Crippen molar-refractivity contribution in [2.24, 2.45) is 0 Å². The summed E-state index contributed by atoms with van der Waals surface area (Å²) in [6.45, 7) is 32.1.